The number of hydrogen-bond acceptors (Lipinski definition) is 4. The van der Waals surface area contributed by atoms with Crippen molar-refractivity contribution in [1.29, 1.82) is 0 Å². The van der Waals surface area contributed by atoms with E-state index in [0.717, 1.165) is 30.3 Å². The number of hydrogen-bond donors (Lipinski definition) is 1. The summed E-state index contributed by atoms with van der Waals surface area (Å²) in [6, 6.07) is 12.7. The number of anilines is 2. The van der Waals surface area contributed by atoms with Crippen LogP contribution < -0.4 is 19.7 Å². The van der Waals surface area contributed by atoms with Crippen molar-refractivity contribution in [1.82, 2.24) is 0 Å². The second-order valence-corrected chi connectivity index (χ2v) is 5.13. The Morgan fingerprint density at radius 2 is 1.80 bits per heavy atom. The molecule has 0 saturated carbocycles. The summed E-state index contributed by atoms with van der Waals surface area (Å²) in [6.45, 7) is 2.20. The molecule has 4 heteroatoms. The zero-order valence-electron chi connectivity index (χ0n) is 11.3. The number of nitrogens with one attached hydrogen (secondary N) is 1. The minimum atomic E-state index is 0.324. The van der Waals surface area contributed by atoms with E-state index in [2.05, 4.69) is 40.5 Å². The average molecular weight is 268 g/mol. The molecule has 0 spiro atoms. The Hall–Kier alpha value is -2.36. The highest BCUT2D eigenvalue weighted by Crippen LogP contribution is 2.38. The quantitative estimate of drug-likeness (QED) is 0.908. The maximum atomic E-state index is 5.45. The van der Waals surface area contributed by atoms with Crippen molar-refractivity contribution in [2.75, 3.05) is 24.1 Å². The average Bonchev–Trinajstić information content (AvgIpc) is 3.11. The molecule has 0 unspecified atom stereocenters. The van der Waals surface area contributed by atoms with Gasteiger partial charge in [0.2, 0.25) is 6.79 Å². The van der Waals surface area contributed by atoms with Gasteiger partial charge < -0.3 is 19.7 Å². The topological polar surface area (TPSA) is 33.7 Å². The lowest BCUT2D eigenvalue weighted by atomic mass is 10.1. The lowest BCUT2D eigenvalue weighted by Gasteiger charge is -2.17. The summed E-state index contributed by atoms with van der Waals surface area (Å²) in [4.78, 5) is 2.35. The van der Waals surface area contributed by atoms with E-state index in [-0.39, 0.29) is 0 Å². The fraction of sp³-hybridized carbons (Fsp3) is 0.250. The molecule has 0 bridgehead atoms. The van der Waals surface area contributed by atoms with Gasteiger partial charge >= 0.3 is 0 Å². The van der Waals surface area contributed by atoms with Crippen LogP contribution in [-0.2, 0) is 13.1 Å². The Labute approximate surface area is 117 Å². The molecule has 2 aliphatic rings. The Morgan fingerprint density at radius 1 is 0.950 bits per heavy atom. The van der Waals surface area contributed by atoms with Crippen LogP contribution in [0.25, 0.3) is 0 Å². The Bertz CT molecular complexity index is 670. The molecule has 102 valence electrons. The fourth-order valence-electron chi connectivity index (χ4n) is 2.81. The van der Waals surface area contributed by atoms with Crippen LogP contribution in [0, 0.1) is 0 Å². The number of benzene rings is 2. The summed E-state index contributed by atoms with van der Waals surface area (Å²) in [6.07, 6.45) is 0. The summed E-state index contributed by atoms with van der Waals surface area (Å²) in [5, 5.41) is 3.19. The first-order valence-corrected chi connectivity index (χ1v) is 6.77. The maximum Gasteiger partial charge on any atom is 0.231 e. The van der Waals surface area contributed by atoms with E-state index < -0.39 is 0 Å². The zero-order chi connectivity index (χ0) is 13.5. The molecule has 20 heavy (non-hydrogen) atoms. The van der Waals surface area contributed by atoms with E-state index in [1.165, 1.54) is 16.8 Å². The molecule has 1 N–H and O–H groups in total. The second kappa shape index (κ2) is 4.34. The van der Waals surface area contributed by atoms with Gasteiger partial charge in [0.1, 0.15) is 0 Å². The standard InChI is InChI=1S/C16H16N2O2/c1-17-13-3-2-11-8-18(9-12(11)6-13)14-4-5-15-16(7-14)20-10-19-15/h2-7,17H,8-10H2,1H3. The van der Waals surface area contributed by atoms with Gasteiger partial charge in [-0.15, -0.1) is 0 Å². The highest BCUT2D eigenvalue weighted by atomic mass is 16.7. The summed E-state index contributed by atoms with van der Waals surface area (Å²) >= 11 is 0. The van der Waals surface area contributed by atoms with Gasteiger partial charge in [0.05, 0.1) is 0 Å². The first-order chi connectivity index (χ1) is 9.83. The fourth-order valence-corrected chi connectivity index (χ4v) is 2.81. The predicted molar refractivity (Wildman–Crippen MR) is 78.4 cm³/mol. The van der Waals surface area contributed by atoms with Gasteiger partial charge in [-0.05, 0) is 35.4 Å². The van der Waals surface area contributed by atoms with Gasteiger partial charge in [-0.3, -0.25) is 0 Å². The maximum absolute atomic E-state index is 5.45. The van der Waals surface area contributed by atoms with Gasteiger partial charge in [-0.2, -0.15) is 0 Å². The summed E-state index contributed by atoms with van der Waals surface area (Å²) in [7, 11) is 1.95. The third-order valence-corrected chi connectivity index (χ3v) is 3.94. The summed E-state index contributed by atoms with van der Waals surface area (Å²) in [5.74, 6) is 1.68. The van der Waals surface area contributed by atoms with Crippen LogP contribution in [0.4, 0.5) is 11.4 Å². The molecule has 0 aromatic heterocycles. The van der Waals surface area contributed by atoms with E-state index in [0.29, 0.717) is 6.79 Å². The van der Waals surface area contributed by atoms with Crippen molar-refractivity contribution in [2.24, 2.45) is 0 Å². The van der Waals surface area contributed by atoms with Gasteiger partial charge in [-0.1, -0.05) is 6.07 Å². The number of ether oxygens (including phenoxy) is 2. The van der Waals surface area contributed by atoms with E-state index in [4.69, 9.17) is 9.47 Å². The molecule has 2 aromatic rings. The minimum Gasteiger partial charge on any atom is -0.454 e. The van der Waals surface area contributed by atoms with Gasteiger partial charge in [0.25, 0.3) is 0 Å². The third kappa shape index (κ3) is 1.76. The van der Waals surface area contributed by atoms with Crippen LogP contribution in [0.1, 0.15) is 11.1 Å². The molecule has 0 atom stereocenters. The molecule has 2 aliphatic heterocycles. The summed E-state index contributed by atoms with van der Waals surface area (Å²) in [5.41, 5.74) is 5.11. The Morgan fingerprint density at radius 3 is 2.70 bits per heavy atom. The molecule has 2 heterocycles. The summed E-state index contributed by atoms with van der Waals surface area (Å²) < 4.78 is 10.8. The van der Waals surface area contributed by atoms with Crippen LogP contribution in [0.3, 0.4) is 0 Å². The largest absolute Gasteiger partial charge is 0.454 e. The smallest absolute Gasteiger partial charge is 0.231 e. The predicted octanol–water partition coefficient (Wildman–Crippen LogP) is 2.98. The zero-order valence-corrected chi connectivity index (χ0v) is 11.3. The normalized spacial score (nSPS) is 15.3. The monoisotopic (exact) mass is 268 g/mol. The first kappa shape index (κ1) is 11.5. The van der Waals surface area contributed by atoms with E-state index in [1.807, 2.05) is 13.1 Å². The SMILES string of the molecule is CNc1ccc2c(c1)CN(c1ccc3c(c1)OCO3)C2. The van der Waals surface area contributed by atoms with Gasteiger partial charge in [0.15, 0.2) is 11.5 Å². The van der Waals surface area contributed by atoms with Crippen LogP contribution in [0.2, 0.25) is 0 Å². The molecular formula is C16H16N2O2. The first-order valence-electron chi connectivity index (χ1n) is 6.77. The van der Waals surface area contributed by atoms with E-state index in [9.17, 15) is 0 Å². The molecule has 0 aliphatic carbocycles. The molecule has 4 rings (SSSR count). The van der Waals surface area contributed by atoms with Crippen LogP contribution >= 0.6 is 0 Å². The van der Waals surface area contributed by atoms with Crippen molar-refractivity contribution in [2.45, 2.75) is 13.1 Å². The van der Waals surface area contributed by atoms with Crippen molar-refractivity contribution < 1.29 is 9.47 Å². The van der Waals surface area contributed by atoms with Crippen LogP contribution in [0.5, 0.6) is 11.5 Å². The third-order valence-electron chi connectivity index (χ3n) is 3.94. The van der Waals surface area contributed by atoms with Crippen molar-refractivity contribution in [3.05, 3.63) is 47.5 Å². The van der Waals surface area contributed by atoms with Gasteiger partial charge in [0, 0.05) is 37.6 Å². The number of rotatable bonds is 2. The van der Waals surface area contributed by atoms with E-state index >= 15 is 0 Å². The molecular weight excluding hydrogens is 252 g/mol. The lowest BCUT2D eigenvalue weighted by molar-refractivity contribution is 0.174. The molecule has 2 aromatic carbocycles. The highest BCUT2D eigenvalue weighted by molar-refractivity contribution is 5.60. The van der Waals surface area contributed by atoms with Crippen LogP contribution in [-0.4, -0.2) is 13.8 Å². The Balaban J connectivity index is 1.63. The number of nitrogens with zero attached hydrogens (tertiary/aromatic N) is 1. The second-order valence-electron chi connectivity index (χ2n) is 5.13. The van der Waals surface area contributed by atoms with Crippen molar-refractivity contribution in [3.8, 4) is 11.5 Å². The van der Waals surface area contributed by atoms with E-state index in [1.54, 1.807) is 0 Å². The van der Waals surface area contributed by atoms with Crippen molar-refractivity contribution in [3.63, 3.8) is 0 Å². The molecule has 0 fully saturated rings. The molecule has 0 saturated heterocycles. The lowest BCUT2D eigenvalue weighted by Crippen LogP contribution is -2.14. The Kier molecular flexibility index (Phi) is 2.49. The van der Waals surface area contributed by atoms with Crippen LogP contribution in [0.15, 0.2) is 36.4 Å². The van der Waals surface area contributed by atoms with Gasteiger partial charge in [-0.25, -0.2) is 0 Å². The van der Waals surface area contributed by atoms with Crippen molar-refractivity contribution >= 4 is 11.4 Å². The molecule has 0 amide bonds. The number of fused-ring (bicyclic) bond motifs is 2. The molecule has 4 nitrogen and oxygen atoms in total. The molecule has 0 radical (unpaired) electrons. The minimum absolute atomic E-state index is 0.324. The highest BCUT2D eigenvalue weighted by Gasteiger charge is 2.22.